The van der Waals surface area contributed by atoms with Gasteiger partial charge in [0.1, 0.15) is 29.3 Å². The zero-order valence-electron chi connectivity index (χ0n) is 15.5. The number of benzene rings is 1. The van der Waals surface area contributed by atoms with Crippen LogP contribution in [-0.4, -0.2) is 33.7 Å². The van der Waals surface area contributed by atoms with Crippen molar-refractivity contribution in [3.05, 3.63) is 58.2 Å². The standard InChI is InChI=1S/C19H14F4N4O2S/c1-8-16-25-26-17(15(22)23)27(16)18-12(9-7-28-5-6-29-19(9)30-18)14(24-8)13-10(20)3-2-4-11(13)21/h2-4,8,15H,5-7H2,1H3/t8-/m0/s1. The Kier molecular flexibility index (Phi) is 4.58. The molecule has 0 spiro atoms. The summed E-state index contributed by atoms with van der Waals surface area (Å²) in [6, 6.07) is 2.72. The predicted octanol–water partition coefficient (Wildman–Crippen LogP) is 4.37. The second kappa shape index (κ2) is 7.17. The van der Waals surface area contributed by atoms with E-state index in [1.807, 2.05) is 0 Å². The van der Waals surface area contributed by atoms with Gasteiger partial charge in [0.25, 0.3) is 6.43 Å². The van der Waals surface area contributed by atoms with E-state index in [0.717, 1.165) is 23.5 Å². The Morgan fingerprint density at radius 1 is 1.13 bits per heavy atom. The molecule has 2 aliphatic rings. The summed E-state index contributed by atoms with van der Waals surface area (Å²) in [5, 5.41) is 8.21. The highest BCUT2D eigenvalue weighted by molar-refractivity contribution is 7.17. The first-order valence-electron chi connectivity index (χ1n) is 9.09. The monoisotopic (exact) mass is 438 g/mol. The summed E-state index contributed by atoms with van der Waals surface area (Å²) >= 11 is 1.08. The molecule has 1 atom stereocenters. The van der Waals surface area contributed by atoms with Crippen LogP contribution < -0.4 is 4.74 Å². The van der Waals surface area contributed by atoms with Gasteiger partial charge in [-0.3, -0.25) is 9.56 Å². The summed E-state index contributed by atoms with van der Waals surface area (Å²) in [5.41, 5.74) is 0.453. The van der Waals surface area contributed by atoms with Crippen molar-refractivity contribution >= 4 is 17.0 Å². The van der Waals surface area contributed by atoms with Crippen molar-refractivity contribution in [2.45, 2.75) is 26.0 Å². The fourth-order valence-electron chi connectivity index (χ4n) is 3.61. The first-order chi connectivity index (χ1) is 14.5. The number of thiophene rings is 1. The molecule has 0 aliphatic carbocycles. The van der Waals surface area contributed by atoms with Gasteiger partial charge in [-0.1, -0.05) is 17.4 Å². The maximum Gasteiger partial charge on any atom is 0.297 e. The quantitative estimate of drug-likeness (QED) is 0.558. The second-order valence-electron chi connectivity index (χ2n) is 6.75. The molecule has 3 aromatic rings. The minimum absolute atomic E-state index is 0.00502. The maximum absolute atomic E-state index is 14.7. The Labute approximate surface area is 171 Å². The molecule has 11 heteroatoms. The van der Waals surface area contributed by atoms with Gasteiger partial charge in [0, 0.05) is 11.1 Å². The van der Waals surface area contributed by atoms with E-state index in [1.165, 1.54) is 10.6 Å². The number of rotatable bonds is 2. The number of halogens is 4. The third kappa shape index (κ3) is 2.83. The summed E-state index contributed by atoms with van der Waals surface area (Å²) in [4.78, 5) is 4.50. The Bertz CT molecular complexity index is 1150. The number of hydrogen-bond acceptors (Lipinski definition) is 6. The molecule has 0 radical (unpaired) electrons. The predicted molar refractivity (Wildman–Crippen MR) is 99.8 cm³/mol. The molecule has 6 nitrogen and oxygen atoms in total. The van der Waals surface area contributed by atoms with Gasteiger partial charge < -0.3 is 9.47 Å². The van der Waals surface area contributed by atoms with Crippen LogP contribution in [0, 0.1) is 11.6 Å². The highest BCUT2D eigenvalue weighted by atomic mass is 32.1. The van der Waals surface area contributed by atoms with Gasteiger partial charge in [-0.25, -0.2) is 17.6 Å². The van der Waals surface area contributed by atoms with Crippen LogP contribution in [0.3, 0.4) is 0 Å². The summed E-state index contributed by atoms with van der Waals surface area (Å²) in [6.07, 6.45) is -2.91. The van der Waals surface area contributed by atoms with E-state index in [2.05, 4.69) is 15.2 Å². The molecule has 2 aromatic heterocycles. The number of fused-ring (bicyclic) bond motifs is 5. The van der Waals surface area contributed by atoms with Gasteiger partial charge in [-0.05, 0) is 19.1 Å². The van der Waals surface area contributed by atoms with Crippen molar-refractivity contribution in [1.82, 2.24) is 14.8 Å². The molecule has 5 rings (SSSR count). The van der Waals surface area contributed by atoms with Gasteiger partial charge in [0.2, 0.25) is 5.82 Å². The zero-order chi connectivity index (χ0) is 21.0. The second-order valence-corrected chi connectivity index (χ2v) is 7.71. The number of aromatic nitrogens is 3. The molecule has 0 N–H and O–H groups in total. The van der Waals surface area contributed by atoms with E-state index in [9.17, 15) is 17.6 Å². The summed E-state index contributed by atoms with van der Waals surface area (Å²) in [5.74, 6) is -2.04. The molecule has 0 saturated heterocycles. The average molecular weight is 438 g/mol. The fourth-order valence-corrected chi connectivity index (χ4v) is 4.81. The Hall–Kier alpha value is -2.79. The van der Waals surface area contributed by atoms with E-state index < -0.39 is 29.9 Å². The smallest absolute Gasteiger partial charge is 0.297 e. The third-order valence-corrected chi connectivity index (χ3v) is 6.03. The number of nitrogens with zero attached hydrogens (tertiary/aromatic N) is 4. The number of ether oxygens (including phenoxy) is 2. The lowest BCUT2D eigenvalue weighted by atomic mass is 9.99. The van der Waals surface area contributed by atoms with Crippen LogP contribution in [0.15, 0.2) is 23.2 Å². The van der Waals surface area contributed by atoms with Gasteiger partial charge in [-0.2, -0.15) is 0 Å². The zero-order valence-corrected chi connectivity index (χ0v) is 16.4. The molecule has 0 fully saturated rings. The lowest BCUT2D eigenvalue weighted by Crippen LogP contribution is -2.13. The van der Waals surface area contributed by atoms with Crippen LogP contribution in [0.1, 0.15) is 47.7 Å². The Morgan fingerprint density at radius 3 is 2.63 bits per heavy atom. The molecule has 30 heavy (non-hydrogen) atoms. The van der Waals surface area contributed by atoms with Gasteiger partial charge in [0.15, 0.2) is 10.9 Å². The van der Waals surface area contributed by atoms with E-state index in [1.54, 1.807) is 6.92 Å². The first-order valence-corrected chi connectivity index (χ1v) is 9.91. The van der Waals surface area contributed by atoms with Crippen LogP contribution in [0.25, 0.3) is 5.00 Å². The molecule has 156 valence electrons. The largest absolute Gasteiger partial charge is 0.481 e. The summed E-state index contributed by atoms with van der Waals surface area (Å²) in [6.45, 7) is 2.29. The topological polar surface area (TPSA) is 61.5 Å². The van der Waals surface area contributed by atoms with Crippen molar-refractivity contribution in [3.8, 4) is 10.1 Å². The van der Waals surface area contributed by atoms with Crippen molar-refractivity contribution < 1.29 is 27.0 Å². The molecule has 0 saturated carbocycles. The molecule has 0 unspecified atom stereocenters. The number of alkyl halides is 2. The van der Waals surface area contributed by atoms with E-state index in [4.69, 9.17) is 9.47 Å². The Morgan fingerprint density at radius 2 is 1.90 bits per heavy atom. The van der Waals surface area contributed by atoms with Crippen molar-refractivity contribution in [1.29, 1.82) is 0 Å². The van der Waals surface area contributed by atoms with Crippen molar-refractivity contribution in [2.24, 2.45) is 4.99 Å². The molecule has 2 aliphatic heterocycles. The Balaban J connectivity index is 1.86. The lowest BCUT2D eigenvalue weighted by Gasteiger charge is -2.12. The van der Waals surface area contributed by atoms with E-state index in [-0.39, 0.29) is 40.9 Å². The highest BCUT2D eigenvalue weighted by Crippen LogP contribution is 2.45. The first kappa shape index (κ1) is 19.2. The van der Waals surface area contributed by atoms with Crippen molar-refractivity contribution in [2.75, 3.05) is 13.2 Å². The summed E-state index contributed by atoms with van der Waals surface area (Å²) in [7, 11) is 0. The van der Waals surface area contributed by atoms with Crippen LogP contribution in [0.5, 0.6) is 5.06 Å². The van der Waals surface area contributed by atoms with Crippen LogP contribution in [0.4, 0.5) is 17.6 Å². The van der Waals surface area contributed by atoms with Crippen LogP contribution >= 0.6 is 11.3 Å². The molecule has 0 bridgehead atoms. The third-order valence-electron chi connectivity index (χ3n) is 4.90. The molecular weight excluding hydrogens is 424 g/mol. The number of hydrogen-bond donors (Lipinski definition) is 0. The van der Waals surface area contributed by atoms with Crippen molar-refractivity contribution in [3.63, 3.8) is 0 Å². The van der Waals surface area contributed by atoms with E-state index >= 15 is 0 Å². The molecule has 4 heterocycles. The lowest BCUT2D eigenvalue weighted by molar-refractivity contribution is 0.107. The maximum atomic E-state index is 14.7. The number of aliphatic imine (C=N–C) groups is 1. The normalized spacial score (nSPS) is 18.1. The molecular formula is C19H14F4N4O2S. The molecule has 0 amide bonds. The summed E-state index contributed by atoms with van der Waals surface area (Å²) < 4.78 is 69.4. The average Bonchev–Trinajstić information content (AvgIpc) is 3.18. The van der Waals surface area contributed by atoms with Gasteiger partial charge in [-0.15, -0.1) is 10.2 Å². The fraction of sp³-hybridized carbons (Fsp3) is 0.316. The minimum Gasteiger partial charge on any atom is -0.481 e. The van der Waals surface area contributed by atoms with Gasteiger partial charge in [0.05, 0.1) is 24.5 Å². The minimum atomic E-state index is -2.91. The highest BCUT2D eigenvalue weighted by Gasteiger charge is 2.36. The van der Waals surface area contributed by atoms with E-state index in [0.29, 0.717) is 17.2 Å². The van der Waals surface area contributed by atoms with Crippen LogP contribution in [0.2, 0.25) is 0 Å². The SMILES string of the molecule is C[C@@H]1N=C(c2c(F)cccc2F)c2c(sc3c2COCCO3)-n2c(C(F)F)nnc21. The van der Waals surface area contributed by atoms with Crippen LogP contribution in [-0.2, 0) is 11.3 Å². The molecule has 1 aromatic carbocycles. The van der Waals surface area contributed by atoms with Gasteiger partial charge >= 0.3 is 0 Å².